The number of hydrogen-bond acceptors (Lipinski definition) is 4. The van der Waals surface area contributed by atoms with Gasteiger partial charge in [-0.05, 0) is 48.6 Å². The van der Waals surface area contributed by atoms with E-state index in [0.717, 1.165) is 11.1 Å². The van der Waals surface area contributed by atoms with Gasteiger partial charge in [0.05, 0.1) is 10.0 Å². The first-order valence-corrected chi connectivity index (χ1v) is 14.0. The van der Waals surface area contributed by atoms with E-state index in [1.807, 2.05) is 23.1 Å². The minimum absolute atomic E-state index is 0.0495. The molecule has 0 saturated carbocycles. The zero-order valence-corrected chi connectivity index (χ0v) is 23.2. The van der Waals surface area contributed by atoms with E-state index in [9.17, 15) is 14.4 Å². The van der Waals surface area contributed by atoms with Crippen molar-refractivity contribution in [3.8, 4) is 0 Å². The van der Waals surface area contributed by atoms with Gasteiger partial charge in [0.2, 0.25) is 11.8 Å². The number of halogens is 3. The number of aromatic nitrogens is 1. The first-order chi connectivity index (χ1) is 17.3. The Labute approximate surface area is 229 Å². The lowest BCUT2D eigenvalue weighted by molar-refractivity contribution is -0.141. The molecule has 2 aromatic rings. The van der Waals surface area contributed by atoms with Gasteiger partial charge in [-0.3, -0.25) is 19.4 Å². The van der Waals surface area contributed by atoms with Crippen LogP contribution in [-0.2, 0) is 14.9 Å². The predicted molar refractivity (Wildman–Crippen MR) is 144 cm³/mol. The van der Waals surface area contributed by atoms with E-state index >= 15 is 0 Å². The first-order valence-electron chi connectivity index (χ1n) is 12.1. The molecule has 2 atom stereocenters. The normalized spacial score (nSPS) is 20.8. The van der Waals surface area contributed by atoms with Crippen molar-refractivity contribution < 1.29 is 14.4 Å². The van der Waals surface area contributed by atoms with Crippen molar-refractivity contribution in [1.82, 2.24) is 20.1 Å². The average Bonchev–Trinajstić information content (AvgIpc) is 2.90. The van der Waals surface area contributed by atoms with Crippen LogP contribution in [0.1, 0.15) is 53.7 Å². The fraction of sp³-hybridized carbons (Fsp3) is 0.462. The lowest BCUT2D eigenvalue weighted by Gasteiger charge is -2.41. The number of likely N-dealkylation sites (tertiary alicyclic amines) is 2. The quantitative estimate of drug-likeness (QED) is 0.510. The van der Waals surface area contributed by atoms with E-state index in [2.05, 4.69) is 26.2 Å². The molecule has 10 heteroatoms. The molecule has 192 valence electrons. The predicted octanol–water partition coefficient (Wildman–Crippen LogP) is 4.66. The number of carbonyl (C=O) groups excluding carboxylic acids is 3. The molecule has 7 nitrogen and oxygen atoms in total. The van der Waals surface area contributed by atoms with Gasteiger partial charge in [0, 0.05) is 62.5 Å². The fourth-order valence-corrected chi connectivity index (χ4v) is 5.62. The summed E-state index contributed by atoms with van der Waals surface area (Å²) >= 11 is 15.9. The molecule has 3 heterocycles. The number of piperidine rings is 2. The summed E-state index contributed by atoms with van der Waals surface area (Å²) in [5.74, 6) is -0.338. The maximum atomic E-state index is 13.4. The zero-order valence-electron chi connectivity index (χ0n) is 20.1. The van der Waals surface area contributed by atoms with E-state index in [1.165, 1.54) is 0 Å². The summed E-state index contributed by atoms with van der Waals surface area (Å²) in [5.41, 5.74) is 2.26. The lowest BCUT2D eigenvalue weighted by atomic mass is 9.84. The number of benzene rings is 1. The van der Waals surface area contributed by atoms with Crippen molar-refractivity contribution in [1.29, 1.82) is 0 Å². The first kappa shape index (κ1) is 26.9. The summed E-state index contributed by atoms with van der Waals surface area (Å²) < 4.78 is 0. The molecule has 1 aromatic carbocycles. The number of amides is 3. The van der Waals surface area contributed by atoms with Crippen LogP contribution in [0.5, 0.6) is 0 Å². The third-order valence-corrected chi connectivity index (χ3v) is 8.50. The van der Waals surface area contributed by atoms with Gasteiger partial charge in [-0.25, -0.2) is 0 Å². The van der Waals surface area contributed by atoms with E-state index in [4.69, 9.17) is 23.2 Å². The third-order valence-electron chi connectivity index (χ3n) is 7.11. The second-order valence-electron chi connectivity index (χ2n) is 9.40. The number of pyridine rings is 1. The Hall–Kier alpha value is -2.16. The molecule has 0 spiro atoms. The summed E-state index contributed by atoms with van der Waals surface area (Å²) in [7, 11) is 0. The minimum Gasteiger partial charge on any atom is -0.347 e. The second-order valence-corrected chi connectivity index (χ2v) is 10.8. The van der Waals surface area contributed by atoms with Crippen LogP contribution >= 0.6 is 39.1 Å². The molecule has 2 unspecified atom stereocenters. The average molecular weight is 596 g/mol. The van der Waals surface area contributed by atoms with E-state index < -0.39 is 0 Å². The fourth-order valence-electron chi connectivity index (χ4n) is 4.99. The van der Waals surface area contributed by atoms with E-state index in [-0.39, 0.29) is 35.6 Å². The summed E-state index contributed by atoms with van der Waals surface area (Å²) in [6.07, 6.45) is 3.62. The topological polar surface area (TPSA) is 82.6 Å². The third kappa shape index (κ3) is 6.21. The molecular weight excluding hydrogens is 567 g/mol. The van der Waals surface area contributed by atoms with Crippen molar-refractivity contribution in [2.24, 2.45) is 5.92 Å². The second kappa shape index (κ2) is 11.9. The Bertz CT molecular complexity index is 1120. The van der Waals surface area contributed by atoms with Crippen molar-refractivity contribution >= 4 is 56.9 Å². The molecule has 0 aliphatic carbocycles. The maximum absolute atomic E-state index is 13.4. The number of nitrogens with one attached hydrogen (secondary N) is 1. The van der Waals surface area contributed by atoms with Crippen LogP contribution in [0.3, 0.4) is 0 Å². The smallest absolute Gasteiger partial charge is 0.270 e. The minimum atomic E-state index is -0.248. The Kier molecular flexibility index (Phi) is 8.91. The number of rotatable bonds is 5. The van der Waals surface area contributed by atoms with Gasteiger partial charge < -0.3 is 15.1 Å². The van der Waals surface area contributed by atoms with Crippen molar-refractivity contribution in [2.75, 3.05) is 26.2 Å². The van der Waals surface area contributed by atoms with Gasteiger partial charge in [0.15, 0.2) is 0 Å². The highest BCUT2D eigenvalue weighted by atomic mass is 79.9. The molecular formula is C26H29BrCl2N4O3. The number of carbonyl (C=O) groups is 3. The van der Waals surface area contributed by atoms with Crippen LogP contribution < -0.4 is 5.32 Å². The van der Waals surface area contributed by atoms with Gasteiger partial charge in [0.1, 0.15) is 5.69 Å². The highest BCUT2D eigenvalue weighted by Gasteiger charge is 2.37. The molecule has 0 radical (unpaired) electrons. The molecule has 0 bridgehead atoms. The molecule has 3 amide bonds. The highest BCUT2D eigenvalue weighted by Crippen LogP contribution is 2.33. The molecule has 1 N–H and O–H groups in total. The molecule has 4 rings (SSSR count). The van der Waals surface area contributed by atoms with Crippen LogP contribution in [0.2, 0.25) is 10.0 Å². The Morgan fingerprint density at radius 2 is 1.75 bits per heavy atom. The summed E-state index contributed by atoms with van der Waals surface area (Å²) in [6.45, 7) is 3.79. The lowest BCUT2D eigenvalue weighted by Crippen LogP contribution is -2.53. The van der Waals surface area contributed by atoms with Crippen LogP contribution in [0, 0.1) is 5.92 Å². The molecule has 2 saturated heterocycles. The van der Waals surface area contributed by atoms with Gasteiger partial charge in [-0.2, -0.15) is 0 Å². The maximum Gasteiger partial charge on any atom is 0.270 e. The molecule has 2 aliphatic rings. The summed E-state index contributed by atoms with van der Waals surface area (Å²) in [4.78, 5) is 46.1. The van der Waals surface area contributed by atoms with Crippen molar-refractivity contribution in [3.05, 3.63) is 63.4 Å². The van der Waals surface area contributed by atoms with Crippen LogP contribution in [0.25, 0.3) is 0 Å². The van der Waals surface area contributed by atoms with Crippen LogP contribution in [0.4, 0.5) is 0 Å². The molecule has 36 heavy (non-hydrogen) atoms. The molecule has 1 aromatic heterocycles. The van der Waals surface area contributed by atoms with Crippen molar-refractivity contribution in [3.63, 3.8) is 0 Å². The largest absolute Gasteiger partial charge is 0.347 e. The van der Waals surface area contributed by atoms with Crippen LogP contribution in [0.15, 0.2) is 36.5 Å². The summed E-state index contributed by atoms with van der Waals surface area (Å²) in [5, 5.41) is 4.70. The zero-order chi connectivity index (χ0) is 25.8. The highest BCUT2D eigenvalue weighted by molar-refractivity contribution is 9.08. The number of hydrogen-bond donors (Lipinski definition) is 1. The molecule has 2 fully saturated rings. The van der Waals surface area contributed by atoms with Gasteiger partial charge >= 0.3 is 0 Å². The van der Waals surface area contributed by atoms with Crippen LogP contribution in [-0.4, -0.2) is 64.7 Å². The monoisotopic (exact) mass is 594 g/mol. The van der Waals surface area contributed by atoms with Gasteiger partial charge in [0.25, 0.3) is 5.91 Å². The standard InChI is InChI=1S/C26H29BrCl2N4O3/c1-16(34)32-9-6-18(7-10-32)26(36)33-11-8-23(20(15-33)19-3-4-21(28)22(29)12-19)31-25(35)24-5-2-17(13-27)14-30-24/h2-5,12,14,18,20,23H,6-11,13,15H2,1H3,(H,31,35). The Balaban J connectivity index is 1.50. The number of nitrogens with zero attached hydrogens (tertiary/aromatic N) is 3. The Morgan fingerprint density at radius 1 is 1.03 bits per heavy atom. The van der Waals surface area contributed by atoms with Gasteiger partial charge in [-0.15, -0.1) is 0 Å². The van der Waals surface area contributed by atoms with E-state index in [0.29, 0.717) is 66.5 Å². The van der Waals surface area contributed by atoms with Crippen molar-refractivity contribution in [2.45, 2.75) is 43.5 Å². The number of alkyl halides is 1. The van der Waals surface area contributed by atoms with Gasteiger partial charge in [-0.1, -0.05) is 51.3 Å². The SMILES string of the molecule is CC(=O)N1CCC(C(=O)N2CCC(NC(=O)c3ccc(CBr)cn3)C(c3ccc(Cl)c(Cl)c3)C2)CC1. The molecule has 2 aliphatic heterocycles. The van der Waals surface area contributed by atoms with E-state index in [1.54, 1.807) is 30.2 Å². The summed E-state index contributed by atoms with van der Waals surface area (Å²) in [6, 6.07) is 8.85. The Morgan fingerprint density at radius 3 is 2.36 bits per heavy atom.